The quantitative estimate of drug-likeness (QED) is 0.598. The number of hydrogen-bond donors (Lipinski definition) is 3. The van der Waals surface area contributed by atoms with Gasteiger partial charge in [0, 0.05) is 19.5 Å². The third kappa shape index (κ3) is 19.5. The molecule has 10 heteroatoms. The lowest BCUT2D eigenvalue weighted by atomic mass is 10.4. The molecule has 0 aromatic carbocycles. The van der Waals surface area contributed by atoms with Crippen molar-refractivity contribution in [2.45, 2.75) is 19.5 Å². The van der Waals surface area contributed by atoms with Gasteiger partial charge in [-0.25, -0.2) is 0 Å². The molecule has 0 aliphatic carbocycles. The Morgan fingerprint density at radius 2 is 1.74 bits per heavy atom. The van der Waals surface area contributed by atoms with E-state index in [1.54, 1.807) is 0 Å². The van der Waals surface area contributed by atoms with E-state index in [4.69, 9.17) is 15.3 Å². The smallest absolute Gasteiger partial charge is 0.378 e. The van der Waals surface area contributed by atoms with Gasteiger partial charge in [-0.3, -0.25) is 9.59 Å². The molecule has 0 aromatic heterocycles. The van der Waals surface area contributed by atoms with Gasteiger partial charge in [-0.15, -0.1) is 12.4 Å². The van der Waals surface area contributed by atoms with Crippen LogP contribution in [-0.2, 0) is 14.3 Å². The first-order valence-corrected chi connectivity index (χ1v) is 5.16. The molecule has 0 aliphatic rings. The minimum Gasteiger partial charge on any atom is -0.378 e. The molecule has 0 spiro atoms. The van der Waals surface area contributed by atoms with Gasteiger partial charge in [0.15, 0.2) is 0 Å². The molecule has 0 unspecified atom stereocenters. The van der Waals surface area contributed by atoms with Crippen molar-refractivity contribution < 1.29 is 27.5 Å². The molecule has 0 saturated heterocycles. The van der Waals surface area contributed by atoms with Crippen molar-refractivity contribution in [2.75, 3.05) is 26.3 Å². The first-order chi connectivity index (χ1) is 8.25. The molecule has 0 bridgehead atoms. The predicted octanol–water partition coefficient (Wildman–Crippen LogP) is -0.0563. The van der Waals surface area contributed by atoms with Crippen LogP contribution in [0.3, 0.4) is 0 Å². The summed E-state index contributed by atoms with van der Waals surface area (Å²) in [4.78, 5) is 19.8. The topological polar surface area (TPSA) is 107 Å². The van der Waals surface area contributed by atoms with Crippen LogP contribution in [0, 0.1) is 0 Å². The summed E-state index contributed by atoms with van der Waals surface area (Å²) in [5.74, 6) is -2.20. The number of nitrogens with two attached hydrogens (primary N) is 2. The Morgan fingerprint density at radius 3 is 2.05 bits per heavy atom. The van der Waals surface area contributed by atoms with E-state index >= 15 is 0 Å². The number of hydrogen-bond acceptors (Lipinski definition) is 4. The second-order valence-corrected chi connectivity index (χ2v) is 2.97. The number of ether oxygens (including phenoxy) is 1. The number of halogens is 4. The Balaban J connectivity index is -0.000000280. The Morgan fingerprint density at radius 1 is 1.26 bits per heavy atom. The van der Waals surface area contributed by atoms with Crippen LogP contribution in [0.15, 0.2) is 0 Å². The fourth-order valence-corrected chi connectivity index (χ4v) is 0.573. The van der Waals surface area contributed by atoms with Gasteiger partial charge < -0.3 is 21.5 Å². The van der Waals surface area contributed by atoms with Crippen LogP contribution in [0.4, 0.5) is 13.2 Å². The highest BCUT2D eigenvalue weighted by Crippen LogP contribution is 2.11. The molecule has 0 saturated carbocycles. The maximum absolute atomic E-state index is 10.7. The number of carbonyl (C=O) groups excluding carboxylic acids is 2. The van der Waals surface area contributed by atoms with Crippen LogP contribution in [0.2, 0.25) is 0 Å². The maximum atomic E-state index is 10.7. The summed E-state index contributed by atoms with van der Waals surface area (Å²) >= 11 is 0. The van der Waals surface area contributed by atoms with Crippen LogP contribution in [0.25, 0.3) is 0 Å². The lowest BCUT2D eigenvalue weighted by molar-refractivity contribution is -0.169. The van der Waals surface area contributed by atoms with Gasteiger partial charge in [0.1, 0.15) is 0 Å². The molecule has 0 radical (unpaired) electrons. The van der Waals surface area contributed by atoms with E-state index in [9.17, 15) is 18.0 Å². The van der Waals surface area contributed by atoms with E-state index < -0.39 is 12.1 Å². The number of amides is 2. The Bertz CT molecular complexity index is 253. The molecule has 19 heavy (non-hydrogen) atoms. The summed E-state index contributed by atoms with van der Waals surface area (Å²) < 4.78 is 37.1. The van der Waals surface area contributed by atoms with Crippen LogP contribution < -0.4 is 16.8 Å². The highest BCUT2D eigenvalue weighted by molar-refractivity contribution is 5.85. The van der Waals surface area contributed by atoms with Crippen molar-refractivity contribution in [3.63, 3.8) is 0 Å². The number of rotatable bonds is 6. The average molecular weight is 310 g/mol. The van der Waals surface area contributed by atoms with Crippen LogP contribution in [0.1, 0.15) is 13.3 Å². The Labute approximate surface area is 115 Å². The molecule has 0 heterocycles. The maximum Gasteiger partial charge on any atom is 0.470 e. The summed E-state index contributed by atoms with van der Waals surface area (Å²) in [5, 5.41) is 2.69. The average Bonchev–Trinajstić information content (AvgIpc) is 2.28. The van der Waals surface area contributed by atoms with Crippen molar-refractivity contribution in [2.24, 2.45) is 11.5 Å². The number of alkyl halides is 3. The second-order valence-electron chi connectivity index (χ2n) is 2.97. The fraction of sp³-hybridized carbons (Fsp3) is 0.778. The highest BCUT2D eigenvalue weighted by atomic mass is 35.5. The van der Waals surface area contributed by atoms with Crippen molar-refractivity contribution in [3.05, 3.63) is 0 Å². The first-order valence-electron chi connectivity index (χ1n) is 5.16. The van der Waals surface area contributed by atoms with E-state index in [1.165, 1.54) is 0 Å². The van der Waals surface area contributed by atoms with Crippen molar-refractivity contribution >= 4 is 24.2 Å². The normalized spacial score (nSPS) is 9.74. The van der Waals surface area contributed by atoms with Crippen LogP contribution in [0.5, 0.6) is 0 Å². The highest BCUT2D eigenvalue weighted by Gasteiger charge is 2.35. The fourth-order valence-electron chi connectivity index (χ4n) is 0.573. The van der Waals surface area contributed by atoms with Crippen LogP contribution in [-0.4, -0.2) is 44.3 Å². The zero-order valence-electron chi connectivity index (χ0n) is 10.5. The van der Waals surface area contributed by atoms with E-state index in [2.05, 4.69) is 11.1 Å². The molecule has 0 fully saturated rings. The molecule has 0 aromatic rings. The molecule has 0 aliphatic heterocycles. The third-order valence-electron chi connectivity index (χ3n) is 1.43. The lowest BCUT2D eigenvalue weighted by Crippen LogP contribution is -2.30. The lowest BCUT2D eigenvalue weighted by Gasteiger charge is -2.03. The van der Waals surface area contributed by atoms with Gasteiger partial charge in [-0.05, 0) is 0 Å². The summed E-state index contributed by atoms with van der Waals surface area (Å²) in [6, 6.07) is 0. The van der Waals surface area contributed by atoms with Gasteiger partial charge in [0.25, 0.3) is 0 Å². The van der Waals surface area contributed by atoms with Gasteiger partial charge in [0.2, 0.25) is 5.91 Å². The summed E-state index contributed by atoms with van der Waals surface area (Å²) in [6.45, 7) is 4.02. The minimum absolute atomic E-state index is 0. The molecular formula is C9H19ClF3N3O3. The van der Waals surface area contributed by atoms with Gasteiger partial charge in [-0.2, -0.15) is 13.2 Å². The summed E-state index contributed by atoms with van der Waals surface area (Å²) in [7, 11) is 0. The van der Waals surface area contributed by atoms with E-state index in [0.717, 1.165) is 0 Å². The molecular weight excluding hydrogens is 291 g/mol. The van der Waals surface area contributed by atoms with Crippen molar-refractivity contribution in [1.29, 1.82) is 0 Å². The molecule has 5 N–H and O–H groups in total. The molecule has 0 rings (SSSR count). The zero-order chi connectivity index (χ0) is 14.6. The van der Waals surface area contributed by atoms with Gasteiger partial charge in [0.05, 0.1) is 13.2 Å². The standard InChI is InChI=1S/C7H16N2O2.C2H2F3NO.ClH/c1-2-7(10)9-4-6-11-5-3-8;3-2(4,5)1(6)7;/h2-6,8H2,1H3,(H,9,10);(H2,6,7);1H. The van der Waals surface area contributed by atoms with E-state index in [0.29, 0.717) is 32.7 Å². The van der Waals surface area contributed by atoms with Crippen LogP contribution >= 0.6 is 12.4 Å². The third-order valence-corrected chi connectivity index (χ3v) is 1.43. The minimum atomic E-state index is -4.86. The molecule has 116 valence electrons. The predicted molar refractivity (Wildman–Crippen MR) is 65.7 cm³/mol. The Kier molecular flexibility index (Phi) is 16.2. The largest absolute Gasteiger partial charge is 0.470 e. The monoisotopic (exact) mass is 309 g/mol. The van der Waals surface area contributed by atoms with Crippen molar-refractivity contribution in [1.82, 2.24) is 5.32 Å². The number of nitrogens with one attached hydrogen (secondary N) is 1. The first kappa shape index (κ1) is 23.1. The second kappa shape index (κ2) is 13.4. The molecule has 2 amide bonds. The summed E-state index contributed by atoms with van der Waals surface area (Å²) in [6.07, 6.45) is -4.34. The zero-order valence-corrected chi connectivity index (χ0v) is 11.3. The molecule has 6 nitrogen and oxygen atoms in total. The van der Waals surface area contributed by atoms with E-state index in [1.807, 2.05) is 6.92 Å². The SMILES string of the molecule is CCC(=O)NCCOCCN.Cl.NC(=O)C(F)(F)F. The number of carbonyl (C=O) groups is 2. The van der Waals surface area contributed by atoms with E-state index in [-0.39, 0.29) is 18.3 Å². The van der Waals surface area contributed by atoms with Gasteiger partial charge >= 0.3 is 12.1 Å². The summed E-state index contributed by atoms with van der Waals surface area (Å²) in [5.41, 5.74) is 8.99. The van der Waals surface area contributed by atoms with Crippen molar-refractivity contribution in [3.8, 4) is 0 Å². The van der Waals surface area contributed by atoms with Gasteiger partial charge in [-0.1, -0.05) is 6.92 Å². The Hall–Kier alpha value is -1.06. The number of primary amides is 1. The molecule has 0 atom stereocenters.